The molecular weight excluding hydrogens is 308 g/mol. The van der Waals surface area contributed by atoms with Crippen LogP contribution in [0.5, 0.6) is 0 Å². The Morgan fingerprint density at radius 3 is 2.39 bits per heavy atom. The van der Waals surface area contributed by atoms with Crippen molar-refractivity contribution >= 4 is 17.2 Å². The van der Waals surface area contributed by atoms with Crippen molar-refractivity contribution in [1.29, 1.82) is 0 Å². The predicted octanol–water partition coefficient (Wildman–Crippen LogP) is 3.38. The SMILES string of the molecule is CC(C)(O)CC(=O)N1CCC(Cc2nc(C(C)(C)C)cs2)CC1. The molecule has 5 heteroatoms. The number of hydrogen-bond donors (Lipinski definition) is 1. The molecule has 1 N–H and O–H groups in total. The van der Waals surface area contributed by atoms with Crippen LogP contribution in [-0.2, 0) is 16.6 Å². The second-order valence-electron chi connectivity index (χ2n) is 8.39. The molecule has 1 aliphatic rings. The molecule has 2 rings (SSSR count). The van der Waals surface area contributed by atoms with Crippen molar-refractivity contribution < 1.29 is 9.90 Å². The van der Waals surface area contributed by atoms with Gasteiger partial charge in [-0.3, -0.25) is 4.79 Å². The third-order valence-electron chi connectivity index (χ3n) is 4.33. The molecule has 2 heterocycles. The highest BCUT2D eigenvalue weighted by atomic mass is 32.1. The molecule has 0 spiro atoms. The van der Waals surface area contributed by atoms with Gasteiger partial charge in [0.1, 0.15) is 0 Å². The van der Waals surface area contributed by atoms with Crippen LogP contribution in [0, 0.1) is 5.92 Å². The van der Waals surface area contributed by atoms with Crippen LogP contribution >= 0.6 is 11.3 Å². The summed E-state index contributed by atoms with van der Waals surface area (Å²) in [6.45, 7) is 11.6. The quantitative estimate of drug-likeness (QED) is 0.915. The topological polar surface area (TPSA) is 53.4 Å². The maximum absolute atomic E-state index is 12.1. The Labute approximate surface area is 143 Å². The van der Waals surface area contributed by atoms with Crippen molar-refractivity contribution in [2.24, 2.45) is 5.92 Å². The van der Waals surface area contributed by atoms with Gasteiger partial charge in [0.05, 0.1) is 22.7 Å². The Morgan fingerprint density at radius 2 is 1.91 bits per heavy atom. The van der Waals surface area contributed by atoms with Gasteiger partial charge < -0.3 is 10.0 Å². The van der Waals surface area contributed by atoms with Crippen LogP contribution in [0.1, 0.15) is 64.6 Å². The van der Waals surface area contributed by atoms with E-state index in [1.54, 1.807) is 25.2 Å². The largest absolute Gasteiger partial charge is 0.390 e. The molecule has 0 saturated carbocycles. The summed E-state index contributed by atoms with van der Waals surface area (Å²) < 4.78 is 0. The fraction of sp³-hybridized carbons (Fsp3) is 0.778. The predicted molar refractivity (Wildman–Crippen MR) is 94.7 cm³/mol. The van der Waals surface area contributed by atoms with E-state index in [0.29, 0.717) is 5.92 Å². The first-order valence-corrected chi connectivity index (χ1v) is 9.37. The zero-order valence-corrected chi connectivity index (χ0v) is 15.9. The van der Waals surface area contributed by atoms with Gasteiger partial charge in [-0.2, -0.15) is 0 Å². The number of thiazole rings is 1. The molecule has 0 aromatic carbocycles. The molecule has 0 unspecified atom stereocenters. The molecule has 23 heavy (non-hydrogen) atoms. The highest BCUT2D eigenvalue weighted by Crippen LogP contribution is 2.28. The van der Waals surface area contributed by atoms with Crippen LogP contribution < -0.4 is 0 Å². The highest BCUT2D eigenvalue weighted by molar-refractivity contribution is 7.09. The minimum absolute atomic E-state index is 0.0696. The Hall–Kier alpha value is -0.940. The normalized spacial score (nSPS) is 17.6. The number of amides is 1. The van der Waals surface area contributed by atoms with E-state index in [-0.39, 0.29) is 17.7 Å². The summed E-state index contributed by atoms with van der Waals surface area (Å²) in [6.07, 6.45) is 3.29. The lowest BCUT2D eigenvalue weighted by Gasteiger charge is -2.33. The first-order valence-electron chi connectivity index (χ1n) is 8.49. The molecule has 4 nitrogen and oxygen atoms in total. The first kappa shape index (κ1) is 18.4. The average molecular weight is 339 g/mol. The number of likely N-dealkylation sites (tertiary alicyclic amines) is 1. The van der Waals surface area contributed by atoms with Gasteiger partial charge in [-0.25, -0.2) is 4.98 Å². The summed E-state index contributed by atoms with van der Waals surface area (Å²) in [6, 6.07) is 0. The lowest BCUT2D eigenvalue weighted by Crippen LogP contribution is -2.41. The number of hydrogen-bond acceptors (Lipinski definition) is 4. The van der Waals surface area contributed by atoms with Crippen molar-refractivity contribution in [2.45, 2.75) is 71.3 Å². The molecule has 1 aromatic rings. The number of aliphatic hydroxyl groups is 1. The van der Waals surface area contributed by atoms with Crippen molar-refractivity contribution in [3.8, 4) is 0 Å². The number of rotatable bonds is 4. The summed E-state index contributed by atoms with van der Waals surface area (Å²) in [5.41, 5.74) is 0.370. The first-order chi connectivity index (χ1) is 10.5. The molecule has 1 aliphatic heterocycles. The van der Waals surface area contributed by atoms with Gasteiger partial charge >= 0.3 is 0 Å². The van der Waals surface area contributed by atoms with Crippen molar-refractivity contribution in [1.82, 2.24) is 9.88 Å². The van der Waals surface area contributed by atoms with Crippen molar-refractivity contribution in [3.63, 3.8) is 0 Å². The molecule has 0 radical (unpaired) electrons. The van der Waals surface area contributed by atoms with E-state index < -0.39 is 5.60 Å². The molecule has 1 amide bonds. The van der Waals surface area contributed by atoms with Gasteiger partial charge in [0.15, 0.2) is 0 Å². The van der Waals surface area contributed by atoms with E-state index in [9.17, 15) is 9.90 Å². The summed E-state index contributed by atoms with van der Waals surface area (Å²) >= 11 is 1.76. The maximum Gasteiger partial charge on any atom is 0.225 e. The third kappa shape index (κ3) is 5.57. The van der Waals surface area contributed by atoms with Gasteiger partial charge in [-0.1, -0.05) is 20.8 Å². The molecule has 0 atom stereocenters. The van der Waals surface area contributed by atoms with Gasteiger partial charge in [-0.05, 0) is 32.6 Å². The minimum atomic E-state index is -0.918. The van der Waals surface area contributed by atoms with E-state index in [1.807, 2.05) is 4.90 Å². The smallest absolute Gasteiger partial charge is 0.225 e. The van der Waals surface area contributed by atoms with E-state index in [2.05, 4.69) is 26.2 Å². The lowest BCUT2D eigenvalue weighted by atomic mass is 9.92. The van der Waals surface area contributed by atoms with Crippen LogP contribution in [0.25, 0.3) is 0 Å². The summed E-state index contributed by atoms with van der Waals surface area (Å²) in [7, 11) is 0. The van der Waals surface area contributed by atoms with Crippen LogP contribution in [0.15, 0.2) is 5.38 Å². The molecule has 0 aliphatic carbocycles. The fourth-order valence-electron chi connectivity index (χ4n) is 2.86. The second kappa shape index (κ2) is 6.89. The van der Waals surface area contributed by atoms with Crippen LogP contribution in [-0.4, -0.2) is 39.6 Å². The van der Waals surface area contributed by atoms with Gasteiger partial charge in [0.25, 0.3) is 0 Å². The number of piperidine rings is 1. The van der Waals surface area contributed by atoms with Crippen molar-refractivity contribution in [3.05, 3.63) is 16.1 Å². The third-order valence-corrected chi connectivity index (χ3v) is 5.21. The Balaban J connectivity index is 1.83. The van der Waals surface area contributed by atoms with Gasteiger partial charge in [0, 0.05) is 30.3 Å². The van der Waals surface area contributed by atoms with Crippen LogP contribution in [0.4, 0.5) is 0 Å². The Bertz CT molecular complexity index is 532. The number of carbonyl (C=O) groups excluding carboxylic acids is 1. The Kier molecular flexibility index (Phi) is 5.52. The minimum Gasteiger partial charge on any atom is -0.390 e. The zero-order chi connectivity index (χ0) is 17.3. The fourth-order valence-corrected chi connectivity index (χ4v) is 4.00. The molecule has 0 bridgehead atoms. The number of nitrogens with zero attached hydrogens (tertiary/aromatic N) is 2. The molecule has 1 fully saturated rings. The highest BCUT2D eigenvalue weighted by Gasteiger charge is 2.27. The van der Waals surface area contributed by atoms with Gasteiger partial charge in [-0.15, -0.1) is 11.3 Å². The summed E-state index contributed by atoms with van der Waals surface area (Å²) in [4.78, 5) is 18.8. The number of carbonyl (C=O) groups is 1. The summed E-state index contributed by atoms with van der Waals surface area (Å²) in [5, 5.41) is 13.2. The molecule has 1 saturated heterocycles. The van der Waals surface area contributed by atoms with E-state index in [0.717, 1.165) is 32.4 Å². The Morgan fingerprint density at radius 1 is 1.30 bits per heavy atom. The summed E-state index contributed by atoms with van der Waals surface area (Å²) in [5.74, 6) is 0.681. The molecule has 130 valence electrons. The second-order valence-corrected chi connectivity index (χ2v) is 9.34. The van der Waals surface area contributed by atoms with E-state index in [1.165, 1.54) is 10.7 Å². The maximum atomic E-state index is 12.1. The lowest BCUT2D eigenvalue weighted by molar-refractivity contribution is -0.136. The van der Waals surface area contributed by atoms with E-state index in [4.69, 9.17) is 4.98 Å². The monoisotopic (exact) mass is 338 g/mol. The van der Waals surface area contributed by atoms with E-state index >= 15 is 0 Å². The average Bonchev–Trinajstić information content (AvgIpc) is 2.86. The molecular formula is C18H30N2O2S. The van der Waals surface area contributed by atoms with Crippen LogP contribution in [0.2, 0.25) is 0 Å². The zero-order valence-electron chi connectivity index (χ0n) is 15.1. The van der Waals surface area contributed by atoms with Gasteiger partial charge in [0.2, 0.25) is 5.91 Å². The van der Waals surface area contributed by atoms with Crippen molar-refractivity contribution in [2.75, 3.05) is 13.1 Å². The standard InChI is InChI=1S/C18H30N2O2S/c1-17(2,3)14-12-23-15(19-14)10-13-6-8-20(9-7-13)16(21)11-18(4,5)22/h12-13,22H,6-11H2,1-5H3. The van der Waals surface area contributed by atoms with Crippen LogP contribution in [0.3, 0.4) is 0 Å². The number of aromatic nitrogens is 1. The molecule has 1 aromatic heterocycles.